The summed E-state index contributed by atoms with van der Waals surface area (Å²) in [6.07, 6.45) is 6.20. The van der Waals surface area contributed by atoms with E-state index >= 15 is 0 Å². The Kier molecular flexibility index (Phi) is 6.66. The Labute approximate surface area is 135 Å². The van der Waals surface area contributed by atoms with Crippen LogP contribution in [0.15, 0.2) is 0 Å². The van der Waals surface area contributed by atoms with Crippen molar-refractivity contribution in [1.29, 1.82) is 0 Å². The lowest BCUT2D eigenvalue weighted by Gasteiger charge is -2.35. The molecule has 22 heavy (non-hydrogen) atoms. The van der Waals surface area contributed by atoms with Crippen LogP contribution in [0, 0.1) is 0 Å². The average Bonchev–Trinajstić information content (AvgIpc) is 3.00. The van der Waals surface area contributed by atoms with Gasteiger partial charge in [0.2, 0.25) is 5.91 Å². The number of hydrogen-bond donors (Lipinski definition) is 1. The second-order valence-corrected chi connectivity index (χ2v) is 6.78. The second-order valence-electron chi connectivity index (χ2n) is 6.78. The van der Waals surface area contributed by atoms with Gasteiger partial charge >= 0.3 is 0 Å². The number of nitrogens with two attached hydrogens (primary N) is 1. The zero-order valence-electron chi connectivity index (χ0n) is 14.4. The van der Waals surface area contributed by atoms with Gasteiger partial charge in [-0.25, -0.2) is 0 Å². The highest BCUT2D eigenvalue weighted by molar-refractivity contribution is 5.86. The van der Waals surface area contributed by atoms with Crippen molar-refractivity contribution in [1.82, 2.24) is 9.80 Å². The molecule has 0 aromatic rings. The van der Waals surface area contributed by atoms with Crippen LogP contribution >= 0.6 is 0 Å². The van der Waals surface area contributed by atoms with Gasteiger partial charge in [-0.2, -0.15) is 0 Å². The van der Waals surface area contributed by atoms with Gasteiger partial charge in [0.1, 0.15) is 0 Å². The smallest absolute Gasteiger partial charge is 0.242 e. The van der Waals surface area contributed by atoms with E-state index in [4.69, 9.17) is 10.5 Å². The first-order valence-corrected chi connectivity index (χ1v) is 9.01. The van der Waals surface area contributed by atoms with Gasteiger partial charge in [-0.1, -0.05) is 33.1 Å². The van der Waals surface area contributed by atoms with Gasteiger partial charge in [-0.3, -0.25) is 4.79 Å². The molecule has 2 rings (SSSR count). The van der Waals surface area contributed by atoms with Crippen LogP contribution in [-0.2, 0) is 9.53 Å². The third-order valence-electron chi connectivity index (χ3n) is 5.26. The Balaban J connectivity index is 1.74. The lowest BCUT2D eigenvalue weighted by atomic mass is 9.81. The minimum absolute atomic E-state index is 0.155. The van der Waals surface area contributed by atoms with Gasteiger partial charge in [0.15, 0.2) is 0 Å². The van der Waals surface area contributed by atoms with E-state index in [0.29, 0.717) is 0 Å². The minimum Gasteiger partial charge on any atom is -0.375 e. The van der Waals surface area contributed by atoms with Gasteiger partial charge in [0, 0.05) is 19.6 Å². The van der Waals surface area contributed by atoms with E-state index in [-0.39, 0.29) is 12.0 Å². The molecular weight excluding hydrogens is 278 g/mol. The monoisotopic (exact) mass is 311 g/mol. The number of nitrogens with zero attached hydrogens (tertiary/aromatic N) is 2. The maximum absolute atomic E-state index is 12.7. The zero-order chi connectivity index (χ0) is 16.0. The van der Waals surface area contributed by atoms with E-state index in [1.807, 2.05) is 4.90 Å². The first-order chi connectivity index (χ1) is 10.6. The second kappa shape index (κ2) is 8.27. The van der Waals surface area contributed by atoms with Crippen molar-refractivity contribution in [3.63, 3.8) is 0 Å². The van der Waals surface area contributed by atoms with Crippen LogP contribution in [0.1, 0.15) is 52.4 Å². The molecule has 0 bridgehead atoms. The number of ether oxygens (including phenoxy) is 1. The molecule has 1 heterocycles. The quantitative estimate of drug-likeness (QED) is 0.776. The summed E-state index contributed by atoms with van der Waals surface area (Å²) < 4.78 is 5.96. The number of amides is 1. The largest absolute Gasteiger partial charge is 0.375 e. The predicted octanol–water partition coefficient (Wildman–Crippen LogP) is 1.61. The molecule has 1 aliphatic carbocycles. The van der Waals surface area contributed by atoms with Crippen molar-refractivity contribution in [2.45, 2.75) is 64.0 Å². The number of hydrogen-bond acceptors (Lipinski definition) is 4. The lowest BCUT2D eigenvalue weighted by molar-refractivity contribution is -0.137. The van der Waals surface area contributed by atoms with E-state index in [2.05, 4.69) is 18.7 Å². The summed E-state index contributed by atoms with van der Waals surface area (Å²) in [6.45, 7) is 9.70. The first-order valence-electron chi connectivity index (χ1n) is 9.01. The van der Waals surface area contributed by atoms with Crippen molar-refractivity contribution in [2.24, 2.45) is 5.73 Å². The molecule has 0 spiro atoms. The summed E-state index contributed by atoms with van der Waals surface area (Å²) in [5, 5.41) is 0. The molecule has 2 fully saturated rings. The lowest BCUT2D eigenvalue weighted by Crippen LogP contribution is -2.55. The fraction of sp³-hybridized carbons (Fsp3) is 0.941. The van der Waals surface area contributed by atoms with Crippen molar-refractivity contribution in [3.05, 3.63) is 0 Å². The normalized spacial score (nSPS) is 24.9. The molecule has 1 atom stereocenters. The summed E-state index contributed by atoms with van der Waals surface area (Å²) in [5.41, 5.74) is 5.76. The molecule has 1 saturated heterocycles. The number of likely N-dealkylation sites (tertiary alicyclic amines) is 1. The van der Waals surface area contributed by atoms with Crippen molar-refractivity contribution in [2.75, 3.05) is 39.3 Å². The summed E-state index contributed by atoms with van der Waals surface area (Å²) in [5.74, 6) is 0.155. The highest BCUT2D eigenvalue weighted by Crippen LogP contribution is 2.29. The third kappa shape index (κ3) is 4.43. The van der Waals surface area contributed by atoms with Gasteiger partial charge in [-0.15, -0.1) is 0 Å². The maximum atomic E-state index is 12.7. The van der Waals surface area contributed by atoms with Gasteiger partial charge in [0.05, 0.1) is 18.2 Å². The molecule has 1 saturated carbocycles. The molecule has 128 valence electrons. The molecule has 5 nitrogen and oxygen atoms in total. The molecule has 1 unspecified atom stereocenters. The van der Waals surface area contributed by atoms with Crippen LogP contribution in [0.2, 0.25) is 0 Å². The van der Waals surface area contributed by atoms with Crippen LogP contribution in [-0.4, -0.2) is 66.7 Å². The van der Waals surface area contributed by atoms with E-state index < -0.39 is 5.54 Å². The van der Waals surface area contributed by atoms with Gasteiger partial charge < -0.3 is 20.3 Å². The van der Waals surface area contributed by atoms with Gasteiger partial charge in [0.25, 0.3) is 0 Å². The SMILES string of the molecule is CCN(CC)CCOC1CCN(C(=O)C2(N)CCCCC2)C1. The Morgan fingerprint density at radius 2 is 1.95 bits per heavy atom. The van der Waals surface area contributed by atoms with Crippen LogP contribution in [0.4, 0.5) is 0 Å². The van der Waals surface area contributed by atoms with Crippen molar-refractivity contribution in [3.8, 4) is 0 Å². The van der Waals surface area contributed by atoms with E-state index in [1.54, 1.807) is 0 Å². The number of rotatable bonds is 7. The van der Waals surface area contributed by atoms with Crippen LogP contribution < -0.4 is 5.73 Å². The van der Waals surface area contributed by atoms with Crippen LogP contribution in [0.25, 0.3) is 0 Å². The number of carbonyl (C=O) groups excluding carboxylic acids is 1. The van der Waals surface area contributed by atoms with E-state index in [9.17, 15) is 4.79 Å². The summed E-state index contributed by atoms with van der Waals surface area (Å²) in [4.78, 5) is 17.0. The Morgan fingerprint density at radius 3 is 2.59 bits per heavy atom. The van der Waals surface area contributed by atoms with Crippen LogP contribution in [0.3, 0.4) is 0 Å². The maximum Gasteiger partial charge on any atom is 0.242 e. The Hall–Kier alpha value is -0.650. The first kappa shape index (κ1) is 17.7. The minimum atomic E-state index is -0.603. The molecule has 1 aliphatic heterocycles. The van der Waals surface area contributed by atoms with E-state index in [1.165, 1.54) is 6.42 Å². The summed E-state index contributed by atoms with van der Waals surface area (Å²) >= 11 is 0. The van der Waals surface area contributed by atoms with Gasteiger partial charge in [-0.05, 0) is 32.4 Å². The highest BCUT2D eigenvalue weighted by Gasteiger charge is 2.40. The Bertz CT molecular complexity index is 352. The fourth-order valence-corrected chi connectivity index (χ4v) is 3.65. The van der Waals surface area contributed by atoms with Crippen LogP contribution in [0.5, 0.6) is 0 Å². The molecule has 0 radical (unpaired) electrons. The van der Waals surface area contributed by atoms with Crippen molar-refractivity contribution < 1.29 is 9.53 Å². The third-order valence-corrected chi connectivity index (χ3v) is 5.26. The zero-order valence-corrected chi connectivity index (χ0v) is 14.4. The molecule has 2 aliphatic rings. The average molecular weight is 311 g/mol. The molecule has 0 aromatic carbocycles. The fourth-order valence-electron chi connectivity index (χ4n) is 3.65. The Morgan fingerprint density at radius 1 is 1.27 bits per heavy atom. The van der Waals surface area contributed by atoms with E-state index in [0.717, 1.165) is 71.4 Å². The molecule has 5 heteroatoms. The highest BCUT2D eigenvalue weighted by atomic mass is 16.5. The van der Waals surface area contributed by atoms with Crippen molar-refractivity contribution >= 4 is 5.91 Å². The summed E-state index contributed by atoms with van der Waals surface area (Å²) in [6, 6.07) is 0. The standard InChI is InChI=1S/C17H33N3O2/c1-3-19(4-2)12-13-22-15-8-11-20(14-15)16(21)17(18)9-6-5-7-10-17/h15H,3-14,18H2,1-2H3. The number of carbonyl (C=O) groups is 1. The number of likely N-dealkylation sites (N-methyl/N-ethyl adjacent to an activating group) is 1. The predicted molar refractivity (Wildman–Crippen MR) is 88.7 cm³/mol. The molecular formula is C17H33N3O2. The molecule has 1 amide bonds. The topological polar surface area (TPSA) is 58.8 Å². The molecule has 2 N–H and O–H groups in total. The summed E-state index contributed by atoms with van der Waals surface area (Å²) in [7, 11) is 0. The molecule has 0 aromatic heterocycles.